The van der Waals surface area contributed by atoms with E-state index < -0.39 is 10.9 Å². The van der Waals surface area contributed by atoms with Crippen LogP contribution in [-0.4, -0.2) is 19.7 Å². The summed E-state index contributed by atoms with van der Waals surface area (Å²) >= 11 is 5.74. The highest BCUT2D eigenvalue weighted by Gasteiger charge is 2.12. The number of hydrogen-bond donors (Lipinski definition) is 0. The third-order valence-electron chi connectivity index (χ3n) is 1.95. The molecule has 0 saturated carbocycles. The lowest BCUT2D eigenvalue weighted by Gasteiger charge is -1.97. The van der Waals surface area contributed by atoms with Crippen LogP contribution in [0.4, 0.5) is 5.95 Å². The van der Waals surface area contributed by atoms with Crippen LogP contribution in [0.15, 0.2) is 30.6 Å². The Labute approximate surface area is 95.6 Å². The predicted octanol–water partition coefficient (Wildman–Crippen LogP) is 1.89. The molecule has 1 aromatic heterocycles. The van der Waals surface area contributed by atoms with Gasteiger partial charge in [-0.1, -0.05) is 28.7 Å². The zero-order chi connectivity index (χ0) is 11.5. The molecule has 0 saturated heterocycles. The lowest BCUT2D eigenvalue weighted by molar-refractivity contribution is -0.394. The largest absolute Gasteiger partial charge is 0.490 e. The van der Waals surface area contributed by atoms with Gasteiger partial charge in [0, 0.05) is 10.1 Å². The van der Waals surface area contributed by atoms with Crippen LogP contribution in [0.1, 0.15) is 5.56 Å². The van der Waals surface area contributed by atoms with Crippen LogP contribution in [-0.2, 0) is 6.54 Å². The summed E-state index contributed by atoms with van der Waals surface area (Å²) in [5, 5.41) is 14.7. The van der Waals surface area contributed by atoms with E-state index in [1.165, 1.54) is 11.0 Å². The predicted molar refractivity (Wildman–Crippen MR) is 57.2 cm³/mol. The first kappa shape index (κ1) is 10.6. The van der Waals surface area contributed by atoms with E-state index in [9.17, 15) is 10.1 Å². The number of halogens is 1. The second-order valence-electron chi connectivity index (χ2n) is 3.13. The van der Waals surface area contributed by atoms with Gasteiger partial charge in [-0.2, -0.15) is 4.68 Å². The van der Waals surface area contributed by atoms with Crippen molar-refractivity contribution in [3.63, 3.8) is 0 Å². The highest BCUT2D eigenvalue weighted by molar-refractivity contribution is 6.30. The lowest BCUT2D eigenvalue weighted by Crippen LogP contribution is -2.00. The molecule has 0 aliphatic rings. The highest BCUT2D eigenvalue weighted by Crippen LogP contribution is 2.10. The van der Waals surface area contributed by atoms with Crippen molar-refractivity contribution in [2.45, 2.75) is 6.54 Å². The van der Waals surface area contributed by atoms with Crippen molar-refractivity contribution in [2.24, 2.45) is 0 Å². The molecule has 0 fully saturated rings. The lowest BCUT2D eigenvalue weighted by atomic mass is 10.2. The van der Waals surface area contributed by atoms with Gasteiger partial charge in [-0.3, -0.25) is 0 Å². The van der Waals surface area contributed by atoms with E-state index in [1.54, 1.807) is 12.1 Å². The standard InChI is InChI=1S/C9H7ClN4O2/c10-8-3-1-7(2-4-8)5-13-6-11-9(12-13)14(15)16/h1-4,6H,5H2. The fourth-order valence-electron chi connectivity index (χ4n) is 1.22. The van der Waals surface area contributed by atoms with Crippen LogP contribution in [0.3, 0.4) is 0 Å². The quantitative estimate of drug-likeness (QED) is 0.605. The average molecular weight is 239 g/mol. The maximum absolute atomic E-state index is 10.4. The van der Waals surface area contributed by atoms with E-state index in [4.69, 9.17) is 11.6 Å². The Bertz CT molecular complexity index is 508. The summed E-state index contributed by atoms with van der Waals surface area (Å²) in [6, 6.07) is 7.16. The summed E-state index contributed by atoms with van der Waals surface area (Å²) < 4.78 is 1.40. The van der Waals surface area contributed by atoms with Crippen LogP contribution in [0, 0.1) is 10.1 Å². The minimum absolute atomic E-state index is 0.394. The van der Waals surface area contributed by atoms with E-state index in [0.717, 1.165) is 5.56 Å². The minimum atomic E-state index is -0.627. The third-order valence-corrected chi connectivity index (χ3v) is 2.20. The number of nitrogens with zero attached hydrogens (tertiary/aromatic N) is 4. The summed E-state index contributed by atoms with van der Waals surface area (Å²) in [5.74, 6) is -0.394. The fourth-order valence-corrected chi connectivity index (χ4v) is 1.35. The van der Waals surface area contributed by atoms with Gasteiger partial charge >= 0.3 is 5.95 Å². The molecule has 82 valence electrons. The van der Waals surface area contributed by atoms with Crippen molar-refractivity contribution in [3.8, 4) is 0 Å². The molecule has 0 radical (unpaired) electrons. The molecule has 0 atom stereocenters. The zero-order valence-corrected chi connectivity index (χ0v) is 8.83. The molecule has 6 nitrogen and oxygen atoms in total. The smallest absolute Gasteiger partial charge is 0.390 e. The molecule has 2 aromatic rings. The van der Waals surface area contributed by atoms with E-state index in [0.29, 0.717) is 11.6 Å². The molecule has 7 heteroatoms. The number of hydrogen-bond acceptors (Lipinski definition) is 4. The van der Waals surface area contributed by atoms with Crippen molar-refractivity contribution < 1.29 is 4.92 Å². The van der Waals surface area contributed by atoms with Gasteiger partial charge in [0.25, 0.3) is 0 Å². The van der Waals surface area contributed by atoms with Gasteiger partial charge in [-0.05, 0) is 22.6 Å². The van der Waals surface area contributed by atoms with Gasteiger partial charge < -0.3 is 10.1 Å². The molecule has 0 aliphatic heterocycles. The SMILES string of the molecule is O=[N+]([O-])c1ncn(Cc2ccc(Cl)cc2)n1. The zero-order valence-electron chi connectivity index (χ0n) is 8.08. The Morgan fingerprint density at radius 2 is 2.06 bits per heavy atom. The first-order valence-corrected chi connectivity index (χ1v) is 4.81. The first-order valence-electron chi connectivity index (χ1n) is 4.43. The number of aromatic nitrogens is 3. The topological polar surface area (TPSA) is 73.8 Å². The molecule has 1 aromatic carbocycles. The second kappa shape index (κ2) is 4.28. The summed E-state index contributed by atoms with van der Waals surface area (Å²) in [6.45, 7) is 0.429. The molecule has 0 unspecified atom stereocenters. The number of nitro groups is 1. The van der Waals surface area contributed by atoms with Gasteiger partial charge in [-0.15, -0.1) is 0 Å². The van der Waals surface area contributed by atoms with E-state index in [-0.39, 0.29) is 0 Å². The Kier molecular flexibility index (Phi) is 2.82. The Morgan fingerprint density at radius 1 is 1.38 bits per heavy atom. The van der Waals surface area contributed by atoms with Gasteiger partial charge in [0.2, 0.25) is 6.33 Å². The molecule has 2 rings (SSSR count). The van der Waals surface area contributed by atoms with Crippen molar-refractivity contribution in [2.75, 3.05) is 0 Å². The molecular weight excluding hydrogens is 232 g/mol. The highest BCUT2D eigenvalue weighted by atomic mass is 35.5. The third kappa shape index (κ3) is 2.34. The van der Waals surface area contributed by atoms with Crippen LogP contribution in [0.25, 0.3) is 0 Å². The minimum Gasteiger partial charge on any atom is -0.390 e. The second-order valence-corrected chi connectivity index (χ2v) is 3.56. The van der Waals surface area contributed by atoms with E-state index in [2.05, 4.69) is 10.1 Å². The van der Waals surface area contributed by atoms with Gasteiger partial charge in [-0.25, -0.2) is 0 Å². The van der Waals surface area contributed by atoms with Crippen LogP contribution < -0.4 is 0 Å². The molecule has 0 spiro atoms. The van der Waals surface area contributed by atoms with E-state index >= 15 is 0 Å². The Morgan fingerprint density at radius 3 is 2.62 bits per heavy atom. The maximum Gasteiger partial charge on any atom is 0.490 e. The molecular formula is C9H7ClN4O2. The van der Waals surface area contributed by atoms with Gasteiger partial charge in [0.15, 0.2) is 0 Å². The van der Waals surface area contributed by atoms with Crippen molar-refractivity contribution in [1.82, 2.24) is 14.8 Å². The normalized spacial score (nSPS) is 10.3. The average Bonchev–Trinajstić information content (AvgIpc) is 2.70. The fraction of sp³-hybridized carbons (Fsp3) is 0.111. The molecule has 0 bridgehead atoms. The maximum atomic E-state index is 10.4. The molecule has 1 heterocycles. The molecule has 0 N–H and O–H groups in total. The van der Waals surface area contributed by atoms with Crippen LogP contribution in [0.5, 0.6) is 0 Å². The van der Waals surface area contributed by atoms with Crippen LogP contribution >= 0.6 is 11.6 Å². The molecule has 0 amide bonds. The summed E-state index contributed by atoms with van der Waals surface area (Å²) in [6.07, 6.45) is 1.33. The summed E-state index contributed by atoms with van der Waals surface area (Å²) in [5.41, 5.74) is 0.948. The summed E-state index contributed by atoms with van der Waals surface area (Å²) in [4.78, 5) is 13.3. The van der Waals surface area contributed by atoms with Crippen molar-refractivity contribution >= 4 is 17.5 Å². The molecule has 0 aliphatic carbocycles. The van der Waals surface area contributed by atoms with E-state index in [1.807, 2.05) is 12.1 Å². The van der Waals surface area contributed by atoms with Crippen molar-refractivity contribution in [1.29, 1.82) is 0 Å². The monoisotopic (exact) mass is 238 g/mol. The first-order chi connectivity index (χ1) is 7.65. The van der Waals surface area contributed by atoms with Gasteiger partial charge in [0.05, 0.1) is 6.54 Å². The van der Waals surface area contributed by atoms with Crippen molar-refractivity contribution in [3.05, 3.63) is 51.3 Å². The Balaban J connectivity index is 2.14. The number of rotatable bonds is 3. The van der Waals surface area contributed by atoms with Gasteiger partial charge in [0.1, 0.15) is 0 Å². The Hall–Kier alpha value is -1.95. The molecule has 16 heavy (non-hydrogen) atoms. The van der Waals surface area contributed by atoms with Crippen LogP contribution in [0.2, 0.25) is 5.02 Å². The summed E-state index contributed by atoms with van der Waals surface area (Å²) in [7, 11) is 0. The number of benzene rings is 1.